The minimum atomic E-state index is 0.0121. The van der Waals surface area contributed by atoms with Crippen LogP contribution in [-0.4, -0.2) is 12.5 Å². The van der Waals surface area contributed by atoms with Crippen LogP contribution in [0.3, 0.4) is 0 Å². The second kappa shape index (κ2) is 7.60. The quantitative estimate of drug-likeness (QED) is 0.814. The lowest BCUT2D eigenvalue weighted by atomic mass is 10.0. The minimum Gasteiger partial charge on any atom is -0.349 e. The fourth-order valence-electron chi connectivity index (χ4n) is 1.63. The Morgan fingerprint density at radius 3 is 2.47 bits per heavy atom. The average molecular weight is 258 g/mol. The van der Waals surface area contributed by atoms with Crippen molar-refractivity contribution in [3.63, 3.8) is 0 Å². The molecule has 0 aromatic heterocycles. The van der Waals surface area contributed by atoms with E-state index in [0.29, 0.717) is 6.54 Å². The van der Waals surface area contributed by atoms with Crippen LogP contribution in [0.2, 0.25) is 0 Å². The van der Waals surface area contributed by atoms with Crippen LogP contribution in [0.25, 0.3) is 0 Å². The zero-order valence-electron chi connectivity index (χ0n) is 11.9. The second-order valence-corrected chi connectivity index (χ2v) is 4.67. The number of amides is 1. The van der Waals surface area contributed by atoms with Crippen molar-refractivity contribution in [3.8, 4) is 11.8 Å². The second-order valence-electron chi connectivity index (χ2n) is 4.67. The van der Waals surface area contributed by atoms with Crippen LogP contribution in [-0.2, 0) is 4.79 Å². The van der Waals surface area contributed by atoms with E-state index in [1.54, 1.807) is 0 Å². The predicted octanol–water partition coefficient (Wildman–Crippen LogP) is 2.22. The summed E-state index contributed by atoms with van der Waals surface area (Å²) >= 11 is 0. The maximum Gasteiger partial charge on any atom is 0.223 e. The van der Waals surface area contributed by atoms with Crippen LogP contribution in [0.1, 0.15) is 44.4 Å². The third kappa shape index (κ3) is 4.76. The molecule has 3 N–H and O–H groups in total. The Morgan fingerprint density at radius 2 is 1.95 bits per heavy atom. The van der Waals surface area contributed by atoms with E-state index in [4.69, 9.17) is 5.73 Å². The molecule has 19 heavy (non-hydrogen) atoms. The minimum absolute atomic E-state index is 0.0121. The fraction of sp³-hybridized carbons (Fsp3) is 0.438. The number of rotatable bonds is 4. The molecule has 3 heteroatoms. The molecule has 0 bridgehead atoms. The van der Waals surface area contributed by atoms with Crippen LogP contribution in [0.15, 0.2) is 24.3 Å². The number of nitrogens with one attached hydrogen (secondary N) is 1. The molecule has 102 valence electrons. The molecular weight excluding hydrogens is 236 g/mol. The van der Waals surface area contributed by atoms with E-state index in [9.17, 15) is 4.79 Å². The van der Waals surface area contributed by atoms with Crippen molar-refractivity contribution in [2.45, 2.75) is 33.2 Å². The Bertz CT molecular complexity index is 468. The lowest BCUT2D eigenvalue weighted by Gasteiger charge is -2.17. The van der Waals surface area contributed by atoms with Gasteiger partial charge in [-0.25, -0.2) is 0 Å². The van der Waals surface area contributed by atoms with E-state index < -0.39 is 0 Å². The summed E-state index contributed by atoms with van der Waals surface area (Å²) in [6, 6.07) is 7.89. The molecule has 2 unspecified atom stereocenters. The number of hydrogen-bond donors (Lipinski definition) is 2. The standard InChI is InChI=1S/C16H22N2O/c1-4-12(2)16(19)18-13(3)15-9-7-14(8-10-15)6-5-11-17/h7-10,12-13H,4,11,17H2,1-3H3,(H,18,19). The predicted molar refractivity (Wildman–Crippen MR) is 78.4 cm³/mol. The summed E-state index contributed by atoms with van der Waals surface area (Å²) in [5.41, 5.74) is 7.35. The molecule has 1 rings (SSSR count). The summed E-state index contributed by atoms with van der Waals surface area (Å²) in [4.78, 5) is 11.8. The molecule has 0 aliphatic carbocycles. The number of nitrogens with two attached hydrogens (primary N) is 1. The van der Waals surface area contributed by atoms with Gasteiger partial charge in [0.05, 0.1) is 12.6 Å². The van der Waals surface area contributed by atoms with Crippen LogP contribution < -0.4 is 11.1 Å². The number of carbonyl (C=O) groups is 1. The highest BCUT2D eigenvalue weighted by molar-refractivity contribution is 5.78. The first-order chi connectivity index (χ1) is 9.08. The maximum absolute atomic E-state index is 11.8. The van der Waals surface area contributed by atoms with Gasteiger partial charge in [-0.3, -0.25) is 4.79 Å². The number of hydrogen-bond acceptors (Lipinski definition) is 2. The molecule has 2 atom stereocenters. The van der Waals surface area contributed by atoms with Crippen LogP contribution in [0.5, 0.6) is 0 Å². The summed E-state index contributed by atoms with van der Waals surface area (Å²) in [6.07, 6.45) is 0.853. The zero-order chi connectivity index (χ0) is 14.3. The normalized spacial score (nSPS) is 13.1. The van der Waals surface area contributed by atoms with Crippen molar-refractivity contribution < 1.29 is 4.79 Å². The van der Waals surface area contributed by atoms with Crippen LogP contribution >= 0.6 is 0 Å². The molecule has 0 heterocycles. The third-order valence-corrected chi connectivity index (χ3v) is 3.16. The molecular formula is C16H22N2O. The van der Waals surface area contributed by atoms with Gasteiger partial charge in [0, 0.05) is 11.5 Å². The summed E-state index contributed by atoms with van der Waals surface area (Å²) < 4.78 is 0. The van der Waals surface area contributed by atoms with Crippen molar-refractivity contribution >= 4 is 5.91 Å². The summed E-state index contributed by atoms with van der Waals surface area (Å²) in [5.74, 6) is 5.94. The SMILES string of the molecule is CCC(C)C(=O)NC(C)c1ccc(C#CCN)cc1. The first-order valence-electron chi connectivity index (χ1n) is 6.67. The van der Waals surface area contributed by atoms with E-state index >= 15 is 0 Å². The van der Waals surface area contributed by atoms with E-state index in [1.165, 1.54) is 0 Å². The Kier molecular flexibility index (Phi) is 6.11. The Labute approximate surface area is 115 Å². The summed E-state index contributed by atoms with van der Waals surface area (Å²) in [6.45, 7) is 6.30. The molecule has 0 fully saturated rings. The Balaban J connectivity index is 2.67. The van der Waals surface area contributed by atoms with Gasteiger partial charge < -0.3 is 11.1 Å². The molecule has 0 radical (unpaired) electrons. The van der Waals surface area contributed by atoms with E-state index in [0.717, 1.165) is 17.5 Å². The van der Waals surface area contributed by atoms with Gasteiger partial charge in [-0.1, -0.05) is 37.8 Å². The van der Waals surface area contributed by atoms with E-state index in [2.05, 4.69) is 17.2 Å². The average Bonchev–Trinajstić information content (AvgIpc) is 2.44. The first kappa shape index (κ1) is 15.3. The molecule has 3 nitrogen and oxygen atoms in total. The van der Waals surface area contributed by atoms with Crippen molar-refractivity contribution in [1.29, 1.82) is 0 Å². The molecule has 0 aliphatic heterocycles. The van der Waals surface area contributed by atoms with Gasteiger partial charge in [-0.2, -0.15) is 0 Å². The maximum atomic E-state index is 11.8. The smallest absolute Gasteiger partial charge is 0.223 e. The largest absolute Gasteiger partial charge is 0.349 e. The molecule has 0 aliphatic rings. The van der Waals surface area contributed by atoms with Crippen molar-refractivity contribution in [1.82, 2.24) is 5.32 Å². The fourth-order valence-corrected chi connectivity index (χ4v) is 1.63. The third-order valence-electron chi connectivity index (χ3n) is 3.16. The van der Waals surface area contributed by atoms with Gasteiger partial charge in [0.15, 0.2) is 0 Å². The molecule has 1 aromatic rings. The summed E-state index contributed by atoms with van der Waals surface area (Å²) in [7, 11) is 0. The molecule has 1 amide bonds. The lowest BCUT2D eigenvalue weighted by molar-refractivity contribution is -0.125. The van der Waals surface area contributed by atoms with Crippen LogP contribution in [0.4, 0.5) is 0 Å². The molecule has 0 saturated heterocycles. The van der Waals surface area contributed by atoms with Gasteiger partial charge in [0.1, 0.15) is 0 Å². The monoisotopic (exact) mass is 258 g/mol. The number of benzene rings is 1. The Hall–Kier alpha value is -1.79. The van der Waals surface area contributed by atoms with E-state index in [-0.39, 0.29) is 17.9 Å². The Morgan fingerprint density at radius 1 is 1.32 bits per heavy atom. The molecule has 0 saturated carbocycles. The van der Waals surface area contributed by atoms with E-state index in [1.807, 2.05) is 45.0 Å². The van der Waals surface area contributed by atoms with Gasteiger partial charge >= 0.3 is 0 Å². The van der Waals surface area contributed by atoms with Crippen LogP contribution in [0, 0.1) is 17.8 Å². The van der Waals surface area contributed by atoms with Crippen molar-refractivity contribution in [3.05, 3.63) is 35.4 Å². The van der Waals surface area contributed by atoms with Gasteiger partial charge in [0.2, 0.25) is 5.91 Å². The number of carbonyl (C=O) groups excluding carboxylic acids is 1. The topological polar surface area (TPSA) is 55.1 Å². The first-order valence-corrected chi connectivity index (χ1v) is 6.67. The van der Waals surface area contributed by atoms with Crippen molar-refractivity contribution in [2.75, 3.05) is 6.54 Å². The van der Waals surface area contributed by atoms with Crippen molar-refractivity contribution in [2.24, 2.45) is 11.7 Å². The highest BCUT2D eigenvalue weighted by atomic mass is 16.1. The summed E-state index contributed by atoms with van der Waals surface area (Å²) in [5, 5.41) is 3.01. The molecule has 1 aromatic carbocycles. The lowest BCUT2D eigenvalue weighted by Crippen LogP contribution is -2.31. The molecule has 0 spiro atoms. The highest BCUT2D eigenvalue weighted by Crippen LogP contribution is 2.14. The van der Waals surface area contributed by atoms with Gasteiger partial charge in [-0.15, -0.1) is 0 Å². The highest BCUT2D eigenvalue weighted by Gasteiger charge is 2.14. The zero-order valence-corrected chi connectivity index (χ0v) is 11.9. The van der Waals surface area contributed by atoms with Gasteiger partial charge in [0.25, 0.3) is 0 Å². The van der Waals surface area contributed by atoms with Gasteiger partial charge in [-0.05, 0) is 31.0 Å².